The van der Waals surface area contributed by atoms with E-state index in [9.17, 15) is 4.79 Å². The lowest BCUT2D eigenvalue weighted by molar-refractivity contribution is -0.126. The fourth-order valence-electron chi connectivity index (χ4n) is 4.59. The number of hydrogen-bond donors (Lipinski definition) is 2. The molecule has 0 saturated heterocycles. The van der Waals surface area contributed by atoms with Crippen LogP contribution in [0.1, 0.15) is 23.1 Å². The molecule has 3 aliphatic rings. The number of carbonyl (C=O) groups is 1. The standard InChI is InChI=1S/C23H20N6O/c30-23(20-16-7-3-4-8-17(16)27-28-20)29-10-9-18-21(26-13-25-18)22(29)19-11-14-5-1-2-6-15(14)12-24-19/h1-8,11-13,16-17,22,27H,9-10H2,(H,25,26)/t16?,17?,22-/m1/s1. The fourth-order valence-corrected chi connectivity index (χ4v) is 4.59. The van der Waals surface area contributed by atoms with Crippen molar-refractivity contribution in [2.45, 2.75) is 18.5 Å². The third kappa shape index (κ3) is 2.58. The van der Waals surface area contributed by atoms with Gasteiger partial charge in [0.05, 0.1) is 29.7 Å². The average Bonchev–Trinajstić information content (AvgIpc) is 3.44. The van der Waals surface area contributed by atoms with Crippen LogP contribution in [0, 0.1) is 5.92 Å². The average molecular weight is 396 g/mol. The van der Waals surface area contributed by atoms with Gasteiger partial charge in [0.2, 0.25) is 0 Å². The second kappa shape index (κ2) is 6.66. The number of aromatic amines is 1. The summed E-state index contributed by atoms with van der Waals surface area (Å²) in [5, 5.41) is 6.57. The lowest BCUT2D eigenvalue weighted by atomic mass is 9.90. The van der Waals surface area contributed by atoms with Crippen molar-refractivity contribution in [1.82, 2.24) is 25.3 Å². The van der Waals surface area contributed by atoms with Gasteiger partial charge in [-0.05, 0) is 11.5 Å². The van der Waals surface area contributed by atoms with E-state index in [2.05, 4.69) is 32.6 Å². The number of amides is 1. The molecule has 2 unspecified atom stereocenters. The first-order valence-corrected chi connectivity index (χ1v) is 10.2. The summed E-state index contributed by atoms with van der Waals surface area (Å²) in [6.45, 7) is 0.586. The molecule has 1 aliphatic carbocycles. The summed E-state index contributed by atoms with van der Waals surface area (Å²) >= 11 is 0. The highest BCUT2D eigenvalue weighted by molar-refractivity contribution is 6.40. The Morgan fingerprint density at radius 1 is 1.10 bits per heavy atom. The maximum atomic E-state index is 13.7. The second-order valence-corrected chi connectivity index (χ2v) is 7.82. The van der Waals surface area contributed by atoms with Gasteiger partial charge in [0.25, 0.3) is 5.91 Å². The Hall–Kier alpha value is -3.74. The number of allylic oxidation sites excluding steroid dienone is 2. The Morgan fingerprint density at radius 3 is 2.90 bits per heavy atom. The van der Waals surface area contributed by atoms with Gasteiger partial charge in [0.15, 0.2) is 0 Å². The van der Waals surface area contributed by atoms with Gasteiger partial charge in [-0.1, -0.05) is 48.6 Å². The van der Waals surface area contributed by atoms with Crippen LogP contribution in [0.25, 0.3) is 10.8 Å². The number of pyridine rings is 1. The first-order chi connectivity index (χ1) is 14.8. The molecule has 2 N–H and O–H groups in total. The van der Waals surface area contributed by atoms with Crippen LogP contribution in [0.4, 0.5) is 0 Å². The number of aromatic nitrogens is 3. The lowest BCUT2D eigenvalue weighted by Gasteiger charge is -2.35. The van der Waals surface area contributed by atoms with Crippen LogP contribution in [-0.4, -0.2) is 44.1 Å². The largest absolute Gasteiger partial charge is 0.348 e. The highest BCUT2D eigenvalue weighted by Crippen LogP contribution is 2.35. The quantitative estimate of drug-likeness (QED) is 0.697. The zero-order valence-corrected chi connectivity index (χ0v) is 16.2. The Kier molecular flexibility index (Phi) is 3.80. The third-order valence-electron chi connectivity index (χ3n) is 6.12. The summed E-state index contributed by atoms with van der Waals surface area (Å²) in [4.78, 5) is 28.1. The van der Waals surface area contributed by atoms with Crippen molar-refractivity contribution in [3.63, 3.8) is 0 Å². The number of imidazole rings is 1. The Bertz CT molecular complexity index is 1240. The summed E-state index contributed by atoms with van der Waals surface area (Å²) in [5.74, 6) is -0.114. The minimum Gasteiger partial charge on any atom is -0.348 e. The molecule has 2 aromatic heterocycles. The number of fused-ring (bicyclic) bond motifs is 3. The van der Waals surface area contributed by atoms with Gasteiger partial charge in [0, 0.05) is 30.2 Å². The zero-order valence-electron chi connectivity index (χ0n) is 16.2. The number of rotatable bonds is 2. The molecule has 7 heteroatoms. The monoisotopic (exact) mass is 396 g/mol. The van der Waals surface area contributed by atoms with Crippen molar-refractivity contribution < 1.29 is 4.79 Å². The molecule has 1 aromatic carbocycles. The molecule has 1 amide bonds. The van der Waals surface area contributed by atoms with Crippen LogP contribution in [0.2, 0.25) is 0 Å². The van der Waals surface area contributed by atoms with Crippen LogP contribution < -0.4 is 5.43 Å². The number of nitrogens with one attached hydrogen (secondary N) is 2. The van der Waals surface area contributed by atoms with E-state index < -0.39 is 0 Å². The van der Waals surface area contributed by atoms with Crippen molar-refractivity contribution in [2.24, 2.45) is 11.0 Å². The summed E-state index contributed by atoms with van der Waals surface area (Å²) < 4.78 is 0. The first-order valence-electron chi connectivity index (χ1n) is 10.2. The van der Waals surface area contributed by atoms with E-state index in [1.807, 2.05) is 53.6 Å². The van der Waals surface area contributed by atoms with Gasteiger partial charge in [-0.25, -0.2) is 4.98 Å². The van der Waals surface area contributed by atoms with Gasteiger partial charge >= 0.3 is 0 Å². The third-order valence-corrected chi connectivity index (χ3v) is 6.12. The smallest absolute Gasteiger partial charge is 0.271 e. The van der Waals surface area contributed by atoms with Gasteiger partial charge in [-0.15, -0.1) is 0 Å². The maximum Gasteiger partial charge on any atom is 0.271 e. The molecular formula is C23H20N6O. The molecule has 4 heterocycles. The SMILES string of the molecule is O=C(C1=NNC2C=CC=CC12)N1CCc2[nH]cnc2[C@H]1c1cc2ccccc2cn1. The number of hydrazone groups is 1. The summed E-state index contributed by atoms with van der Waals surface area (Å²) in [5.41, 5.74) is 6.37. The summed E-state index contributed by atoms with van der Waals surface area (Å²) in [7, 11) is 0. The van der Waals surface area contributed by atoms with Gasteiger partial charge in [0.1, 0.15) is 11.8 Å². The summed E-state index contributed by atoms with van der Waals surface area (Å²) in [6, 6.07) is 9.87. The Balaban J connectivity index is 1.42. The van der Waals surface area contributed by atoms with E-state index >= 15 is 0 Å². The minimum absolute atomic E-state index is 0.0388. The van der Waals surface area contributed by atoms with Crippen LogP contribution in [0.3, 0.4) is 0 Å². The van der Waals surface area contributed by atoms with Crippen LogP contribution >= 0.6 is 0 Å². The lowest BCUT2D eigenvalue weighted by Crippen LogP contribution is -2.46. The highest BCUT2D eigenvalue weighted by atomic mass is 16.2. The Morgan fingerprint density at radius 2 is 1.97 bits per heavy atom. The highest BCUT2D eigenvalue weighted by Gasteiger charge is 2.41. The van der Waals surface area contributed by atoms with Gasteiger partial charge in [-0.2, -0.15) is 5.10 Å². The molecular weight excluding hydrogens is 376 g/mol. The van der Waals surface area contributed by atoms with Crippen LogP contribution in [-0.2, 0) is 11.2 Å². The maximum absolute atomic E-state index is 13.7. The minimum atomic E-state index is -0.345. The zero-order chi connectivity index (χ0) is 20.1. The molecule has 3 aromatic rings. The Labute approximate surface area is 173 Å². The molecule has 0 bridgehead atoms. The van der Waals surface area contributed by atoms with E-state index in [1.54, 1.807) is 6.33 Å². The molecule has 0 fully saturated rings. The fraction of sp³-hybridized carbons (Fsp3) is 0.217. The first kappa shape index (κ1) is 17.1. The van der Waals surface area contributed by atoms with Crippen LogP contribution in [0.15, 0.2) is 72.3 Å². The molecule has 6 rings (SSSR count). The predicted octanol–water partition coefficient (Wildman–Crippen LogP) is 2.50. The van der Waals surface area contributed by atoms with E-state index in [0.717, 1.165) is 34.3 Å². The normalized spacial score (nSPS) is 24.3. The van der Waals surface area contributed by atoms with E-state index in [1.165, 1.54) is 0 Å². The predicted molar refractivity (Wildman–Crippen MR) is 114 cm³/mol. The second-order valence-electron chi connectivity index (χ2n) is 7.82. The number of nitrogens with zero attached hydrogens (tertiary/aromatic N) is 4. The van der Waals surface area contributed by atoms with Gasteiger partial charge < -0.3 is 15.3 Å². The van der Waals surface area contributed by atoms with E-state index in [4.69, 9.17) is 4.98 Å². The van der Waals surface area contributed by atoms with Gasteiger partial charge in [-0.3, -0.25) is 9.78 Å². The topological polar surface area (TPSA) is 86.3 Å². The molecule has 2 aliphatic heterocycles. The summed E-state index contributed by atoms with van der Waals surface area (Å²) in [6.07, 6.45) is 12.3. The number of H-pyrrole nitrogens is 1. The number of carbonyl (C=O) groups excluding carboxylic acids is 1. The molecule has 0 saturated carbocycles. The van der Waals surface area contributed by atoms with Crippen molar-refractivity contribution in [1.29, 1.82) is 0 Å². The van der Waals surface area contributed by atoms with E-state index in [0.29, 0.717) is 12.3 Å². The number of hydrogen-bond acceptors (Lipinski definition) is 5. The molecule has 0 spiro atoms. The molecule has 30 heavy (non-hydrogen) atoms. The van der Waals surface area contributed by atoms with Crippen LogP contribution in [0.5, 0.6) is 0 Å². The number of benzene rings is 1. The molecule has 0 radical (unpaired) electrons. The molecule has 3 atom stereocenters. The molecule has 7 nitrogen and oxygen atoms in total. The van der Waals surface area contributed by atoms with E-state index in [-0.39, 0.29) is 23.9 Å². The van der Waals surface area contributed by atoms with Crippen molar-refractivity contribution >= 4 is 22.4 Å². The molecule has 148 valence electrons. The van der Waals surface area contributed by atoms with Crippen molar-refractivity contribution in [3.05, 3.63) is 84.2 Å². The van der Waals surface area contributed by atoms with Crippen molar-refractivity contribution in [3.8, 4) is 0 Å². The van der Waals surface area contributed by atoms with Crippen molar-refractivity contribution in [2.75, 3.05) is 6.54 Å².